The van der Waals surface area contributed by atoms with Crippen molar-refractivity contribution in [2.24, 2.45) is 5.84 Å². The Morgan fingerprint density at radius 1 is 1.36 bits per heavy atom. The van der Waals surface area contributed by atoms with Crippen molar-refractivity contribution in [1.82, 2.24) is 10.7 Å². The summed E-state index contributed by atoms with van der Waals surface area (Å²) >= 11 is 0. The van der Waals surface area contributed by atoms with E-state index >= 15 is 0 Å². The van der Waals surface area contributed by atoms with Crippen molar-refractivity contribution < 1.29 is 9.59 Å². The van der Waals surface area contributed by atoms with Crippen LogP contribution < -0.4 is 16.6 Å². The lowest BCUT2D eigenvalue weighted by molar-refractivity contribution is -0.121. The van der Waals surface area contributed by atoms with Gasteiger partial charge in [0.1, 0.15) is 0 Å². The predicted octanol–water partition coefficient (Wildman–Crippen LogP) is -1.93. The summed E-state index contributed by atoms with van der Waals surface area (Å²) in [5.41, 5.74) is 1.94. The molecule has 0 heterocycles. The minimum atomic E-state index is -0.317. The zero-order valence-corrected chi connectivity index (χ0v) is 6.09. The van der Waals surface area contributed by atoms with Crippen molar-refractivity contribution in [3.05, 3.63) is 0 Å². The van der Waals surface area contributed by atoms with Crippen LogP contribution in [0.4, 0.5) is 0 Å². The quantitative estimate of drug-likeness (QED) is 0.191. The van der Waals surface area contributed by atoms with Crippen LogP contribution in [0.3, 0.4) is 0 Å². The van der Waals surface area contributed by atoms with Crippen LogP contribution in [0.2, 0.25) is 6.32 Å². The van der Waals surface area contributed by atoms with Gasteiger partial charge in [0.25, 0.3) is 0 Å². The summed E-state index contributed by atoms with van der Waals surface area (Å²) in [6, 6.07) is 0. The molecule has 2 radical (unpaired) electrons. The van der Waals surface area contributed by atoms with Gasteiger partial charge in [-0.2, -0.15) is 0 Å². The Morgan fingerprint density at radius 2 is 2.00 bits per heavy atom. The summed E-state index contributed by atoms with van der Waals surface area (Å²) in [5, 5.41) is 2.42. The Labute approximate surface area is 66.1 Å². The van der Waals surface area contributed by atoms with Gasteiger partial charge in [-0.05, 0) is 6.32 Å². The normalized spacial score (nSPS) is 8.82. The second-order valence-corrected chi connectivity index (χ2v) is 1.87. The molecule has 0 saturated heterocycles. The zero-order chi connectivity index (χ0) is 8.69. The number of carbonyl (C=O) groups excluding carboxylic acids is 2. The minimum absolute atomic E-state index is 0.0652. The first-order chi connectivity index (χ1) is 5.20. The summed E-state index contributed by atoms with van der Waals surface area (Å²) in [6.07, 6.45) is 0.104. The lowest BCUT2D eigenvalue weighted by Crippen LogP contribution is -2.34. The summed E-state index contributed by atoms with van der Waals surface area (Å²) < 4.78 is 0. The number of hydrazine groups is 1. The van der Waals surface area contributed by atoms with Gasteiger partial charge in [-0.15, -0.1) is 0 Å². The van der Waals surface area contributed by atoms with Gasteiger partial charge in [-0.25, -0.2) is 5.84 Å². The van der Waals surface area contributed by atoms with E-state index < -0.39 is 0 Å². The van der Waals surface area contributed by atoms with Crippen molar-refractivity contribution in [2.75, 3.05) is 6.54 Å². The molecule has 0 atom stereocenters. The molecule has 0 fully saturated rings. The van der Waals surface area contributed by atoms with E-state index in [4.69, 9.17) is 13.7 Å². The fraction of sp³-hybridized carbons (Fsp3) is 0.600. The van der Waals surface area contributed by atoms with Crippen LogP contribution in [-0.2, 0) is 9.59 Å². The number of nitrogens with one attached hydrogen (secondary N) is 2. The maximum Gasteiger partial charge on any atom is 0.235 e. The van der Waals surface area contributed by atoms with Gasteiger partial charge in [0, 0.05) is 13.0 Å². The molecule has 0 aliphatic carbocycles. The van der Waals surface area contributed by atoms with E-state index in [1.165, 1.54) is 0 Å². The van der Waals surface area contributed by atoms with Crippen LogP contribution in [-0.4, -0.2) is 26.2 Å². The van der Waals surface area contributed by atoms with Gasteiger partial charge >= 0.3 is 0 Å². The number of hydrogen-bond donors (Lipinski definition) is 3. The third-order valence-electron chi connectivity index (χ3n) is 1.02. The first-order valence-electron chi connectivity index (χ1n) is 3.17. The molecular formula is C5H10BN3O2. The molecule has 11 heavy (non-hydrogen) atoms. The summed E-state index contributed by atoms with van der Waals surface area (Å²) in [4.78, 5) is 20.9. The SMILES string of the molecule is [B]CC(=O)NCCC(=O)NN. The highest BCUT2D eigenvalue weighted by Crippen LogP contribution is 1.76. The van der Waals surface area contributed by atoms with Gasteiger partial charge in [0.15, 0.2) is 0 Å². The van der Waals surface area contributed by atoms with Gasteiger partial charge in [-0.3, -0.25) is 15.0 Å². The predicted molar refractivity (Wildman–Crippen MR) is 40.5 cm³/mol. The Morgan fingerprint density at radius 3 is 2.45 bits per heavy atom. The third kappa shape index (κ3) is 5.41. The van der Waals surface area contributed by atoms with E-state index in [2.05, 4.69) is 5.32 Å². The molecular weight excluding hydrogens is 145 g/mol. The molecule has 0 bridgehead atoms. The third-order valence-corrected chi connectivity index (χ3v) is 1.02. The second kappa shape index (κ2) is 5.73. The monoisotopic (exact) mass is 155 g/mol. The van der Waals surface area contributed by atoms with Crippen molar-refractivity contribution in [3.8, 4) is 0 Å². The molecule has 0 unspecified atom stereocenters. The Balaban J connectivity index is 3.27. The number of carbonyl (C=O) groups is 2. The van der Waals surface area contributed by atoms with E-state index in [9.17, 15) is 9.59 Å². The lowest BCUT2D eigenvalue weighted by atomic mass is 10.1. The molecule has 0 aliphatic heterocycles. The highest BCUT2D eigenvalue weighted by Gasteiger charge is 1.99. The molecule has 2 amide bonds. The second-order valence-electron chi connectivity index (χ2n) is 1.87. The molecule has 0 saturated carbocycles. The molecule has 0 aliphatic rings. The molecule has 60 valence electrons. The van der Waals surface area contributed by atoms with E-state index in [-0.39, 0.29) is 31.1 Å². The molecule has 0 rings (SSSR count). The topological polar surface area (TPSA) is 84.2 Å². The van der Waals surface area contributed by atoms with E-state index in [1.807, 2.05) is 5.43 Å². The number of rotatable bonds is 4. The van der Waals surface area contributed by atoms with Crippen molar-refractivity contribution in [2.45, 2.75) is 12.7 Å². The average molecular weight is 155 g/mol. The standard InChI is InChI=1S/C5H10BN3O2/c6-3-5(11)8-2-1-4(10)9-7/h1-3,7H2,(H,8,11)(H,9,10). The van der Waals surface area contributed by atoms with Crippen LogP contribution in [0.15, 0.2) is 0 Å². The van der Waals surface area contributed by atoms with Crippen molar-refractivity contribution in [1.29, 1.82) is 0 Å². The highest BCUT2D eigenvalue weighted by atomic mass is 16.2. The maximum atomic E-state index is 10.5. The van der Waals surface area contributed by atoms with Crippen LogP contribution in [0, 0.1) is 0 Å². The van der Waals surface area contributed by atoms with Crippen LogP contribution in [0.25, 0.3) is 0 Å². The number of amides is 2. The summed E-state index contributed by atoms with van der Waals surface area (Å²) in [7, 11) is 4.98. The first-order valence-corrected chi connectivity index (χ1v) is 3.17. The van der Waals surface area contributed by atoms with E-state index in [0.717, 1.165) is 0 Å². The van der Waals surface area contributed by atoms with Gasteiger partial charge < -0.3 is 5.32 Å². The lowest BCUT2D eigenvalue weighted by Gasteiger charge is -2.01. The molecule has 5 nitrogen and oxygen atoms in total. The molecule has 6 heteroatoms. The maximum absolute atomic E-state index is 10.5. The van der Waals surface area contributed by atoms with Crippen LogP contribution in [0.5, 0.6) is 0 Å². The average Bonchev–Trinajstić information content (AvgIpc) is 2.04. The Kier molecular flexibility index (Phi) is 5.19. The largest absolute Gasteiger partial charge is 0.356 e. The molecule has 0 aromatic rings. The van der Waals surface area contributed by atoms with Crippen molar-refractivity contribution in [3.63, 3.8) is 0 Å². The van der Waals surface area contributed by atoms with Gasteiger partial charge in [0.2, 0.25) is 11.8 Å². The van der Waals surface area contributed by atoms with E-state index in [0.29, 0.717) is 0 Å². The van der Waals surface area contributed by atoms with Gasteiger partial charge in [-0.1, -0.05) is 0 Å². The Hall–Kier alpha value is -1.04. The molecule has 0 spiro atoms. The molecule has 4 N–H and O–H groups in total. The summed E-state index contributed by atoms with van der Waals surface area (Å²) in [6.45, 7) is 0.263. The zero-order valence-electron chi connectivity index (χ0n) is 6.09. The van der Waals surface area contributed by atoms with Gasteiger partial charge in [0.05, 0.1) is 7.85 Å². The highest BCUT2D eigenvalue weighted by molar-refractivity contribution is 6.19. The first kappa shape index (κ1) is 9.96. The fourth-order valence-corrected chi connectivity index (χ4v) is 0.460. The minimum Gasteiger partial charge on any atom is -0.356 e. The molecule has 0 aromatic heterocycles. The number of hydrogen-bond acceptors (Lipinski definition) is 3. The molecule has 0 aromatic carbocycles. The van der Waals surface area contributed by atoms with Crippen molar-refractivity contribution >= 4 is 19.7 Å². The van der Waals surface area contributed by atoms with Crippen LogP contribution >= 0.6 is 0 Å². The van der Waals surface area contributed by atoms with Crippen LogP contribution in [0.1, 0.15) is 6.42 Å². The fourth-order valence-electron chi connectivity index (χ4n) is 0.460. The summed E-state index contributed by atoms with van der Waals surface area (Å²) in [5.74, 6) is 4.18. The number of nitrogens with two attached hydrogens (primary N) is 1. The Bertz CT molecular complexity index is 135. The smallest absolute Gasteiger partial charge is 0.235 e. The van der Waals surface area contributed by atoms with E-state index in [1.54, 1.807) is 0 Å².